The van der Waals surface area contributed by atoms with Crippen LogP contribution in [0.5, 0.6) is 0 Å². The SMILES string of the molecule is CC(C)CNC(=O)NC(=O)COC(=O)[C@H]1CS[C@@]2(c3ccc(F)cc3)CCC(=O)N12. The molecule has 30 heavy (non-hydrogen) atoms. The summed E-state index contributed by atoms with van der Waals surface area (Å²) in [5.74, 6) is -1.51. The number of hydrogen-bond acceptors (Lipinski definition) is 6. The molecule has 8 nitrogen and oxygen atoms in total. The average Bonchev–Trinajstić information content (AvgIpc) is 3.24. The number of hydrogen-bond donors (Lipinski definition) is 2. The Bertz CT molecular complexity index is 847. The number of carbonyl (C=O) groups is 4. The van der Waals surface area contributed by atoms with Crippen LogP contribution in [0.3, 0.4) is 0 Å². The van der Waals surface area contributed by atoms with Crippen molar-refractivity contribution in [1.82, 2.24) is 15.5 Å². The number of amides is 4. The van der Waals surface area contributed by atoms with E-state index in [1.807, 2.05) is 13.8 Å². The third kappa shape index (κ3) is 4.58. The first-order valence-corrected chi connectivity index (χ1v) is 10.7. The van der Waals surface area contributed by atoms with E-state index in [2.05, 4.69) is 10.6 Å². The van der Waals surface area contributed by atoms with E-state index in [1.54, 1.807) is 12.1 Å². The number of ether oxygens (including phenoxy) is 1. The molecule has 2 aliphatic rings. The molecule has 0 unspecified atom stereocenters. The highest BCUT2D eigenvalue weighted by Crippen LogP contribution is 2.54. The van der Waals surface area contributed by atoms with E-state index in [4.69, 9.17) is 4.74 Å². The number of benzene rings is 1. The van der Waals surface area contributed by atoms with Gasteiger partial charge in [-0.15, -0.1) is 11.8 Å². The lowest BCUT2D eigenvalue weighted by Crippen LogP contribution is -2.48. The molecule has 2 heterocycles. The number of thioether (sulfide) groups is 1. The molecule has 0 aliphatic carbocycles. The lowest BCUT2D eigenvalue weighted by molar-refractivity contribution is -0.156. The normalized spacial score (nSPS) is 22.7. The van der Waals surface area contributed by atoms with Gasteiger partial charge in [0.05, 0.1) is 0 Å². The molecule has 0 saturated carbocycles. The molecule has 3 rings (SSSR count). The summed E-state index contributed by atoms with van der Waals surface area (Å²) in [5, 5.41) is 4.61. The first-order chi connectivity index (χ1) is 14.2. The quantitative estimate of drug-likeness (QED) is 0.657. The highest BCUT2D eigenvalue weighted by molar-refractivity contribution is 8.00. The molecule has 1 aromatic rings. The summed E-state index contributed by atoms with van der Waals surface area (Å²) in [4.78, 5) is 49.3. The summed E-state index contributed by atoms with van der Waals surface area (Å²) in [6, 6.07) is 4.37. The van der Waals surface area contributed by atoms with E-state index in [0.717, 1.165) is 5.56 Å². The molecule has 0 bridgehead atoms. The third-order valence-corrected chi connectivity index (χ3v) is 6.56. The maximum absolute atomic E-state index is 13.3. The zero-order valence-electron chi connectivity index (χ0n) is 16.8. The molecule has 2 fully saturated rings. The number of nitrogens with one attached hydrogen (secondary N) is 2. The van der Waals surface area contributed by atoms with Crippen LogP contribution in [0.1, 0.15) is 32.3 Å². The minimum absolute atomic E-state index is 0.191. The second-order valence-corrected chi connectivity index (χ2v) is 8.94. The predicted molar refractivity (Wildman–Crippen MR) is 108 cm³/mol. The number of fused-ring (bicyclic) bond motifs is 1. The van der Waals surface area contributed by atoms with Crippen molar-refractivity contribution in [3.05, 3.63) is 35.6 Å². The van der Waals surface area contributed by atoms with Crippen molar-refractivity contribution in [2.24, 2.45) is 5.92 Å². The summed E-state index contributed by atoms with van der Waals surface area (Å²) in [6.07, 6.45) is 0.771. The topological polar surface area (TPSA) is 105 Å². The zero-order valence-corrected chi connectivity index (χ0v) is 17.6. The smallest absolute Gasteiger partial charge is 0.330 e. The van der Waals surface area contributed by atoms with Crippen molar-refractivity contribution in [2.75, 3.05) is 18.9 Å². The van der Waals surface area contributed by atoms with Crippen LogP contribution in [0.4, 0.5) is 9.18 Å². The summed E-state index contributed by atoms with van der Waals surface area (Å²) in [5.41, 5.74) is 0.745. The monoisotopic (exact) mass is 437 g/mol. The van der Waals surface area contributed by atoms with Crippen molar-refractivity contribution < 1.29 is 28.3 Å². The third-order valence-electron chi connectivity index (χ3n) is 4.96. The van der Waals surface area contributed by atoms with Crippen LogP contribution >= 0.6 is 11.8 Å². The fraction of sp³-hybridized carbons (Fsp3) is 0.500. The molecule has 162 valence electrons. The molecule has 2 N–H and O–H groups in total. The van der Waals surface area contributed by atoms with Gasteiger partial charge in [-0.1, -0.05) is 26.0 Å². The second kappa shape index (κ2) is 9.03. The van der Waals surface area contributed by atoms with Gasteiger partial charge in [-0.25, -0.2) is 14.0 Å². The van der Waals surface area contributed by atoms with E-state index in [9.17, 15) is 23.6 Å². The van der Waals surface area contributed by atoms with Crippen molar-refractivity contribution in [3.63, 3.8) is 0 Å². The molecule has 0 aromatic heterocycles. The van der Waals surface area contributed by atoms with Gasteiger partial charge in [0.25, 0.3) is 5.91 Å². The summed E-state index contributed by atoms with van der Waals surface area (Å²) in [7, 11) is 0. The Morgan fingerprint density at radius 3 is 2.67 bits per heavy atom. The maximum Gasteiger partial charge on any atom is 0.330 e. The fourth-order valence-electron chi connectivity index (χ4n) is 3.56. The first-order valence-electron chi connectivity index (χ1n) is 9.69. The van der Waals surface area contributed by atoms with Crippen LogP contribution in [-0.4, -0.2) is 53.7 Å². The van der Waals surface area contributed by atoms with Gasteiger partial charge >= 0.3 is 12.0 Å². The van der Waals surface area contributed by atoms with Crippen LogP contribution in [0.25, 0.3) is 0 Å². The average molecular weight is 437 g/mol. The van der Waals surface area contributed by atoms with Gasteiger partial charge in [0.1, 0.15) is 16.7 Å². The standard InChI is InChI=1S/C20H24FN3O5S/c1-12(2)9-22-19(28)23-16(25)10-29-18(27)15-11-30-20(8-7-17(26)24(15)20)13-3-5-14(21)6-4-13/h3-6,12,15H,7-11H2,1-2H3,(H2,22,23,25,28)/t15-,20-/m1/s1. The van der Waals surface area contributed by atoms with Crippen LogP contribution in [-0.2, 0) is 24.0 Å². The predicted octanol–water partition coefficient (Wildman–Crippen LogP) is 1.74. The van der Waals surface area contributed by atoms with Crippen LogP contribution in [0, 0.1) is 11.7 Å². The molecule has 10 heteroatoms. The number of halogens is 1. The van der Waals surface area contributed by atoms with Gasteiger partial charge in [-0.2, -0.15) is 0 Å². The number of carbonyl (C=O) groups excluding carboxylic acids is 4. The van der Waals surface area contributed by atoms with Gasteiger partial charge in [-0.3, -0.25) is 14.9 Å². The van der Waals surface area contributed by atoms with Crippen molar-refractivity contribution >= 4 is 35.6 Å². The van der Waals surface area contributed by atoms with E-state index in [0.29, 0.717) is 18.7 Å². The Hall–Kier alpha value is -2.62. The molecule has 2 atom stereocenters. The molecule has 2 aliphatic heterocycles. The number of esters is 1. The molecular weight excluding hydrogens is 413 g/mol. The Labute approximate surface area is 177 Å². The molecule has 0 spiro atoms. The van der Waals surface area contributed by atoms with Gasteiger partial charge in [0.2, 0.25) is 5.91 Å². The number of rotatable bonds is 6. The minimum Gasteiger partial charge on any atom is -0.454 e. The van der Waals surface area contributed by atoms with Crippen LogP contribution < -0.4 is 10.6 Å². The molecule has 4 amide bonds. The van der Waals surface area contributed by atoms with Gasteiger partial charge in [-0.05, 0) is 30.0 Å². The summed E-state index contributed by atoms with van der Waals surface area (Å²) in [6.45, 7) is 3.60. The van der Waals surface area contributed by atoms with Crippen molar-refractivity contribution in [2.45, 2.75) is 37.6 Å². The Kier molecular flexibility index (Phi) is 6.64. The Balaban J connectivity index is 1.60. The largest absolute Gasteiger partial charge is 0.454 e. The molecular formula is C20H24FN3O5S. The van der Waals surface area contributed by atoms with Gasteiger partial charge < -0.3 is 15.0 Å². The maximum atomic E-state index is 13.3. The highest BCUT2D eigenvalue weighted by atomic mass is 32.2. The van der Waals surface area contributed by atoms with Gasteiger partial charge in [0.15, 0.2) is 6.61 Å². The summed E-state index contributed by atoms with van der Waals surface area (Å²) >= 11 is 1.43. The van der Waals surface area contributed by atoms with E-state index in [1.165, 1.54) is 28.8 Å². The Morgan fingerprint density at radius 2 is 2.00 bits per heavy atom. The van der Waals surface area contributed by atoms with E-state index in [-0.39, 0.29) is 24.1 Å². The first kappa shape index (κ1) is 22.1. The van der Waals surface area contributed by atoms with Crippen molar-refractivity contribution in [1.29, 1.82) is 0 Å². The number of nitrogens with zero attached hydrogens (tertiary/aromatic N) is 1. The highest BCUT2D eigenvalue weighted by Gasteiger charge is 2.57. The number of urea groups is 1. The van der Waals surface area contributed by atoms with Crippen LogP contribution in [0.15, 0.2) is 24.3 Å². The second-order valence-electron chi connectivity index (χ2n) is 7.64. The molecule has 0 radical (unpaired) electrons. The Morgan fingerprint density at radius 1 is 1.30 bits per heavy atom. The lowest BCUT2D eigenvalue weighted by atomic mass is 10.0. The lowest BCUT2D eigenvalue weighted by Gasteiger charge is -2.33. The van der Waals surface area contributed by atoms with Gasteiger partial charge in [0, 0.05) is 18.7 Å². The summed E-state index contributed by atoms with van der Waals surface area (Å²) < 4.78 is 18.4. The zero-order chi connectivity index (χ0) is 21.9. The van der Waals surface area contributed by atoms with Crippen molar-refractivity contribution in [3.8, 4) is 0 Å². The minimum atomic E-state index is -0.849. The molecule has 2 saturated heterocycles. The van der Waals surface area contributed by atoms with Crippen LogP contribution in [0.2, 0.25) is 0 Å². The van der Waals surface area contributed by atoms with E-state index >= 15 is 0 Å². The number of imide groups is 1. The fourth-order valence-corrected chi connectivity index (χ4v) is 5.20. The van der Waals surface area contributed by atoms with E-state index < -0.39 is 35.4 Å². The molecule has 1 aromatic carbocycles.